The summed E-state index contributed by atoms with van der Waals surface area (Å²) in [6, 6.07) is 7.15. The van der Waals surface area contributed by atoms with Crippen LogP contribution in [0, 0.1) is 0 Å². The quantitative estimate of drug-likeness (QED) is 0.609. The highest BCUT2D eigenvalue weighted by Crippen LogP contribution is 2.39. The van der Waals surface area contributed by atoms with Crippen LogP contribution in [-0.2, 0) is 26.3 Å². The molecule has 0 saturated carbocycles. The van der Waals surface area contributed by atoms with Gasteiger partial charge in [-0.05, 0) is 30.4 Å². The second-order valence-electron chi connectivity index (χ2n) is 6.08. The van der Waals surface area contributed by atoms with E-state index in [1.807, 2.05) is 24.3 Å². The van der Waals surface area contributed by atoms with Gasteiger partial charge in [-0.15, -0.1) is 0 Å². The molecule has 24 heavy (non-hydrogen) atoms. The number of ether oxygens (including phenoxy) is 1. The minimum absolute atomic E-state index is 0.279. The van der Waals surface area contributed by atoms with Gasteiger partial charge in [0.25, 0.3) is 5.91 Å². The van der Waals surface area contributed by atoms with E-state index in [1.165, 1.54) is 7.11 Å². The molecule has 0 aromatic heterocycles. The van der Waals surface area contributed by atoms with Crippen molar-refractivity contribution in [3.05, 3.63) is 35.4 Å². The Morgan fingerprint density at radius 1 is 1.38 bits per heavy atom. The third kappa shape index (κ3) is 2.75. The van der Waals surface area contributed by atoms with Crippen LogP contribution in [0.2, 0.25) is 0 Å². The van der Waals surface area contributed by atoms with Crippen LogP contribution in [0.3, 0.4) is 0 Å². The first-order valence-corrected chi connectivity index (χ1v) is 8.06. The molecule has 1 atom stereocenters. The van der Waals surface area contributed by atoms with Crippen molar-refractivity contribution in [1.29, 1.82) is 0 Å². The Morgan fingerprint density at radius 3 is 2.96 bits per heavy atom. The average molecular weight is 331 g/mol. The Balaban J connectivity index is 1.79. The van der Waals surface area contributed by atoms with Crippen LogP contribution in [0.15, 0.2) is 24.3 Å². The number of imide groups is 1. The van der Waals surface area contributed by atoms with E-state index in [9.17, 15) is 14.4 Å². The Bertz CT molecular complexity index is 676. The number of methoxy groups -OCH3 is 1. The number of carbonyl (C=O) groups is 3. The molecule has 3 rings (SSSR count). The van der Waals surface area contributed by atoms with Crippen molar-refractivity contribution in [2.24, 2.45) is 0 Å². The molecular weight excluding hydrogens is 310 g/mol. The van der Waals surface area contributed by atoms with Crippen LogP contribution < -0.4 is 10.6 Å². The van der Waals surface area contributed by atoms with E-state index < -0.39 is 11.6 Å². The van der Waals surface area contributed by atoms with Gasteiger partial charge in [0.05, 0.1) is 6.61 Å². The fourth-order valence-corrected chi connectivity index (χ4v) is 3.45. The van der Waals surface area contributed by atoms with E-state index in [0.29, 0.717) is 19.6 Å². The molecule has 0 radical (unpaired) electrons. The molecule has 1 fully saturated rings. The largest absolute Gasteiger partial charge is 0.383 e. The predicted molar refractivity (Wildman–Crippen MR) is 86.2 cm³/mol. The number of carbonyl (C=O) groups excluding carboxylic acids is 3. The summed E-state index contributed by atoms with van der Waals surface area (Å²) in [6.45, 7) is 0.439. The molecule has 1 saturated heterocycles. The summed E-state index contributed by atoms with van der Waals surface area (Å²) in [7, 11) is 1.54. The molecule has 1 heterocycles. The lowest BCUT2D eigenvalue weighted by atomic mass is 9.76. The normalized spacial score (nSPS) is 22.5. The summed E-state index contributed by atoms with van der Waals surface area (Å²) in [5, 5.41) is 5.45. The minimum Gasteiger partial charge on any atom is -0.383 e. The lowest BCUT2D eigenvalue weighted by Gasteiger charge is -2.33. The van der Waals surface area contributed by atoms with Gasteiger partial charge in [0, 0.05) is 13.7 Å². The Labute approximate surface area is 140 Å². The van der Waals surface area contributed by atoms with Crippen LogP contribution in [0.4, 0.5) is 4.79 Å². The number of hydrogen-bond acceptors (Lipinski definition) is 4. The third-order valence-corrected chi connectivity index (χ3v) is 4.58. The summed E-state index contributed by atoms with van der Waals surface area (Å²) in [5.74, 6) is -0.724. The molecule has 4 amide bonds. The van der Waals surface area contributed by atoms with Gasteiger partial charge in [-0.1, -0.05) is 24.3 Å². The fraction of sp³-hybridized carbons (Fsp3) is 0.471. The van der Waals surface area contributed by atoms with E-state index in [2.05, 4.69) is 10.6 Å². The highest BCUT2D eigenvalue weighted by Gasteiger charge is 2.54. The monoisotopic (exact) mass is 331 g/mol. The molecule has 0 unspecified atom stereocenters. The highest BCUT2D eigenvalue weighted by atomic mass is 16.5. The van der Waals surface area contributed by atoms with E-state index in [-0.39, 0.29) is 18.4 Å². The van der Waals surface area contributed by atoms with Gasteiger partial charge in [0.15, 0.2) is 0 Å². The zero-order valence-electron chi connectivity index (χ0n) is 13.6. The summed E-state index contributed by atoms with van der Waals surface area (Å²) in [6.07, 6.45) is 2.26. The number of nitrogens with zero attached hydrogens (tertiary/aromatic N) is 1. The Morgan fingerprint density at radius 2 is 2.17 bits per heavy atom. The second kappa shape index (κ2) is 6.60. The zero-order valence-corrected chi connectivity index (χ0v) is 13.6. The van der Waals surface area contributed by atoms with Crippen molar-refractivity contribution in [3.8, 4) is 0 Å². The maximum Gasteiger partial charge on any atom is 0.325 e. The Hall–Kier alpha value is -2.41. The number of nitrogens with one attached hydrogen (secondary N) is 2. The molecule has 1 aliphatic carbocycles. The molecule has 1 spiro atoms. The SMILES string of the molecule is COCCNC(=O)CN1C(=O)N[C@]2(CCCc3ccccc32)C1=O. The van der Waals surface area contributed by atoms with Crippen molar-refractivity contribution in [3.63, 3.8) is 0 Å². The van der Waals surface area contributed by atoms with E-state index in [4.69, 9.17) is 4.74 Å². The van der Waals surface area contributed by atoms with Crippen molar-refractivity contribution in [1.82, 2.24) is 15.5 Å². The average Bonchev–Trinajstić information content (AvgIpc) is 2.81. The highest BCUT2D eigenvalue weighted by molar-refractivity contribution is 6.09. The lowest BCUT2D eigenvalue weighted by Crippen LogP contribution is -2.47. The van der Waals surface area contributed by atoms with Gasteiger partial charge < -0.3 is 15.4 Å². The molecule has 0 bridgehead atoms. The number of amides is 4. The van der Waals surface area contributed by atoms with Gasteiger partial charge >= 0.3 is 6.03 Å². The van der Waals surface area contributed by atoms with Crippen molar-refractivity contribution in [2.75, 3.05) is 26.8 Å². The first-order chi connectivity index (χ1) is 11.6. The maximum atomic E-state index is 13.0. The van der Waals surface area contributed by atoms with E-state index >= 15 is 0 Å². The van der Waals surface area contributed by atoms with Gasteiger partial charge in [0.1, 0.15) is 12.1 Å². The molecule has 1 aromatic carbocycles. The Kier molecular flexibility index (Phi) is 4.53. The number of fused-ring (bicyclic) bond motifs is 2. The van der Waals surface area contributed by atoms with Gasteiger partial charge in [-0.2, -0.15) is 0 Å². The fourth-order valence-electron chi connectivity index (χ4n) is 3.45. The molecular formula is C17H21N3O4. The first-order valence-electron chi connectivity index (χ1n) is 8.06. The molecule has 2 N–H and O–H groups in total. The topological polar surface area (TPSA) is 87.7 Å². The van der Waals surface area contributed by atoms with Crippen LogP contribution >= 0.6 is 0 Å². The standard InChI is InChI=1S/C17H21N3O4/c1-24-10-9-18-14(21)11-20-15(22)17(19-16(20)23)8-4-6-12-5-2-3-7-13(12)17/h2-3,5,7H,4,6,8-11H2,1H3,(H,18,21)(H,19,23)/t17-/m0/s1. The van der Waals surface area contributed by atoms with E-state index in [0.717, 1.165) is 28.9 Å². The summed E-state index contributed by atoms with van der Waals surface area (Å²) < 4.78 is 4.86. The van der Waals surface area contributed by atoms with Gasteiger partial charge in [0.2, 0.25) is 5.91 Å². The number of urea groups is 1. The number of aryl methyl sites for hydroxylation is 1. The number of hydrogen-bond donors (Lipinski definition) is 2. The summed E-state index contributed by atoms with van der Waals surface area (Å²) in [5.41, 5.74) is 0.888. The van der Waals surface area contributed by atoms with E-state index in [1.54, 1.807) is 0 Å². The lowest BCUT2D eigenvalue weighted by molar-refractivity contribution is -0.135. The molecule has 2 aliphatic rings. The smallest absolute Gasteiger partial charge is 0.325 e. The first kappa shape index (κ1) is 16.4. The summed E-state index contributed by atoms with van der Waals surface area (Å²) >= 11 is 0. The van der Waals surface area contributed by atoms with Crippen molar-refractivity contribution in [2.45, 2.75) is 24.8 Å². The predicted octanol–water partition coefficient (Wildman–Crippen LogP) is 0.533. The minimum atomic E-state index is -1.03. The molecule has 7 nitrogen and oxygen atoms in total. The number of rotatable bonds is 5. The zero-order chi connectivity index (χ0) is 17.2. The number of benzene rings is 1. The maximum absolute atomic E-state index is 13.0. The molecule has 1 aromatic rings. The van der Waals surface area contributed by atoms with Crippen LogP contribution in [-0.4, -0.2) is 49.6 Å². The third-order valence-electron chi connectivity index (χ3n) is 4.58. The second-order valence-corrected chi connectivity index (χ2v) is 6.08. The molecule has 128 valence electrons. The van der Waals surface area contributed by atoms with Crippen LogP contribution in [0.5, 0.6) is 0 Å². The van der Waals surface area contributed by atoms with Crippen molar-refractivity contribution < 1.29 is 19.1 Å². The van der Waals surface area contributed by atoms with Gasteiger partial charge in [-0.3, -0.25) is 14.5 Å². The summed E-state index contributed by atoms with van der Waals surface area (Å²) in [4.78, 5) is 38.2. The van der Waals surface area contributed by atoms with Crippen LogP contribution in [0.1, 0.15) is 24.0 Å². The van der Waals surface area contributed by atoms with Crippen molar-refractivity contribution >= 4 is 17.8 Å². The van der Waals surface area contributed by atoms with Crippen LogP contribution in [0.25, 0.3) is 0 Å². The van der Waals surface area contributed by atoms with Gasteiger partial charge in [-0.25, -0.2) is 4.79 Å². The molecule has 1 aliphatic heterocycles. The molecule has 7 heteroatoms.